The molecule has 0 saturated heterocycles. The van der Waals surface area contributed by atoms with E-state index in [9.17, 15) is 0 Å². The Morgan fingerprint density at radius 3 is 2.31 bits per heavy atom. The van der Waals surface area contributed by atoms with Crippen LogP contribution >= 0.6 is 0 Å². The van der Waals surface area contributed by atoms with Gasteiger partial charge < -0.3 is 0 Å². The van der Waals surface area contributed by atoms with Gasteiger partial charge in [0.25, 0.3) is 0 Å². The first-order chi connectivity index (χ1) is 7.72. The molecule has 0 aromatic heterocycles. The van der Waals surface area contributed by atoms with Crippen LogP contribution in [0.1, 0.15) is 60.8 Å². The molecule has 93 valence electrons. The van der Waals surface area contributed by atoms with Crippen LogP contribution in [0.2, 0.25) is 12.6 Å². The van der Waals surface area contributed by atoms with Gasteiger partial charge in [-0.25, -0.2) is 0 Å². The quantitative estimate of drug-likeness (QED) is 0.397. The van der Waals surface area contributed by atoms with Gasteiger partial charge in [0.05, 0.1) is 0 Å². The first-order valence-corrected chi connectivity index (χ1v) is 7.02. The summed E-state index contributed by atoms with van der Waals surface area (Å²) in [6, 6.07) is 0. The fraction of sp³-hybridized carbons (Fsp3) is 0.867. The fourth-order valence-electron chi connectivity index (χ4n) is 1.30. The van der Waals surface area contributed by atoms with Crippen molar-refractivity contribution in [1.82, 2.24) is 0 Å². The van der Waals surface area contributed by atoms with Crippen LogP contribution in [0, 0.1) is 23.7 Å². The minimum Gasteiger partial charge on any atom is -0.103 e. The standard InChI is InChI=1S/C10H16B.C3H8.C2H6/c1-9-6-4-3-5-7-11-8-10(9)2;1-3-2;1-2/h9-10H,3,5,7-8H2,1-2H3;3H2,1-2H3;1-2H3. The van der Waals surface area contributed by atoms with Crippen molar-refractivity contribution in [2.24, 2.45) is 11.8 Å². The summed E-state index contributed by atoms with van der Waals surface area (Å²) < 4.78 is 0. The van der Waals surface area contributed by atoms with Gasteiger partial charge in [0, 0.05) is 12.3 Å². The summed E-state index contributed by atoms with van der Waals surface area (Å²) in [7, 11) is 2.41. The van der Waals surface area contributed by atoms with Gasteiger partial charge >= 0.3 is 0 Å². The Balaban J connectivity index is 0. The number of hydrogen-bond donors (Lipinski definition) is 0. The monoisotopic (exact) mass is 221 g/mol. The van der Waals surface area contributed by atoms with E-state index in [2.05, 4.69) is 46.8 Å². The Bertz CT molecular complexity index is 176. The molecule has 0 fully saturated rings. The van der Waals surface area contributed by atoms with E-state index in [1.165, 1.54) is 25.5 Å². The minimum atomic E-state index is 0.587. The summed E-state index contributed by atoms with van der Waals surface area (Å²) in [6.07, 6.45) is 6.10. The molecule has 0 N–H and O–H groups in total. The normalized spacial score (nSPS) is 23.4. The van der Waals surface area contributed by atoms with Crippen LogP contribution in [0.5, 0.6) is 0 Å². The van der Waals surface area contributed by atoms with E-state index in [1.807, 2.05) is 13.8 Å². The Kier molecular flexibility index (Phi) is 16.5. The fourth-order valence-corrected chi connectivity index (χ4v) is 1.30. The van der Waals surface area contributed by atoms with Crippen LogP contribution in [-0.2, 0) is 0 Å². The largest absolute Gasteiger partial charge is 0.109 e. The maximum absolute atomic E-state index is 3.30. The van der Waals surface area contributed by atoms with Crippen LogP contribution in [-0.4, -0.2) is 7.28 Å². The van der Waals surface area contributed by atoms with Gasteiger partial charge in [-0.2, -0.15) is 0 Å². The third kappa shape index (κ3) is 11.7. The highest BCUT2D eigenvalue weighted by Gasteiger charge is 2.10. The Labute approximate surface area is 105 Å². The predicted octanol–water partition coefficient (Wildman–Crippen LogP) is 5.04. The van der Waals surface area contributed by atoms with E-state index in [1.54, 1.807) is 0 Å². The SMILES string of the molecule is CC.CC1C#CCCC[B]CC1C.CCC. The Morgan fingerprint density at radius 2 is 1.75 bits per heavy atom. The highest BCUT2D eigenvalue weighted by molar-refractivity contribution is 6.35. The van der Waals surface area contributed by atoms with Crippen molar-refractivity contribution in [1.29, 1.82) is 0 Å². The topological polar surface area (TPSA) is 0 Å². The van der Waals surface area contributed by atoms with Crippen LogP contribution in [0.3, 0.4) is 0 Å². The molecule has 0 spiro atoms. The molecule has 0 bridgehead atoms. The molecule has 2 atom stereocenters. The third-order valence-corrected chi connectivity index (χ3v) is 2.43. The van der Waals surface area contributed by atoms with E-state index in [-0.39, 0.29) is 0 Å². The second-order valence-corrected chi connectivity index (χ2v) is 4.21. The van der Waals surface area contributed by atoms with E-state index < -0.39 is 0 Å². The van der Waals surface area contributed by atoms with Crippen molar-refractivity contribution in [2.75, 3.05) is 0 Å². The molecule has 1 aliphatic heterocycles. The van der Waals surface area contributed by atoms with Crippen molar-refractivity contribution in [3.63, 3.8) is 0 Å². The summed E-state index contributed by atoms with van der Waals surface area (Å²) in [5, 5.41) is 0. The highest BCUT2D eigenvalue weighted by Crippen LogP contribution is 2.16. The molecule has 1 heterocycles. The smallest absolute Gasteiger partial charge is 0.103 e. The second-order valence-electron chi connectivity index (χ2n) is 4.21. The van der Waals surface area contributed by atoms with E-state index in [4.69, 9.17) is 0 Å². The van der Waals surface area contributed by atoms with Gasteiger partial charge in [-0.1, -0.05) is 66.5 Å². The lowest BCUT2D eigenvalue weighted by Crippen LogP contribution is -2.07. The molecule has 0 saturated carbocycles. The van der Waals surface area contributed by atoms with Crippen LogP contribution in [0.15, 0.2) is 0 Å². The molecule has 0 aliphatic carbocycles. The Morgan fingerprint density at radius 1 is 1.19 bits per heavy atom. The van der Waals surface area contributed by atoms with Crippen LogP contribution in [0.4, 0.5) is 0 Å². The molecule has 0 aromatic rings. The molecule has 1 aliphatic rings. The first kappa shape index (κ1) is 18.0. The lowest BCUT2D eigenvalue weighted by molar-refractivity contribution is 0.518. The second kappa shape index (κ2) is 14.6. The van der Waals surface area contributed by atoms with E-state index in [0.717, 1.165) is 12.3 Å². The van der Waals surface area contributed by atoms with E-state index >= 15 is 0 Å². The molecular formula is C15H30B. The molecule has 16 heavy (non-hydrogen) atoms. The lowest BCUT2D eigenvalue weighted by atomic mass is 9.64. The van der Waals surface area contributed by atoms with Gasteiger partial charge in [-0.05, 0) is 12.3 Å². The van der Waals surface area contributed by atoms with Crippen molar-refractivity contribution in [3.8, 4) is 11.8 Å². The van der Waals surface area contributed by atoms with Crippen molar-refractivity contribution in [2.45, 2.75) is 73.4 Å². The van der Waals surface area contributed by atoms with Crippen molar-refractivity contribution < 1.29 is 0 Å². The molecule has 0 nitrogen and oxygen atoms in total. The molecule has 1 heteroatoms. The summed E-state index contributed by atoms with van der Waals surface area (Å²) >= 11 is 0. The zero-order valence-electron chi connectivity index (χ0n) is 12.3. The summed E-state index contributed by atoms with van der Waals surface area (Å²) in [6.45, 7) is 12.8. The highest BCUT2D eigenvalue weighted by atomic mass is 14.1. The lowest BCUT2D eigenvalue weighted by Gasteiger charge is -2.12. The van der Waals surface area contributed by atoms with Gasteiger partial charge in [-0.3, -0.25) is 0 Å². The summed E-state index contributed by atoms with van der Waals surface area (Å²) in [4.78, 5) is 0. The first-order valence-electron chi connectivity index (χ1n) is 7.02. The van der Waals surface area contributed by atoms with Gasteiger partial charge in [-0.15, -0.1) is 5.92 Å². The average molecular weight is 221 g/mol. The maximum Gasteiger partial charge on any atom is 0.109 e. The predicted molar refractivity (Wildman–Crippen MR) is 78.0 cm³/mol. The average Bonchev–Trinajstić information content (AvgIpc) is 2.38. The summed E-state index contributed by atoms with van der Waals surface area (Å²) in [5.41, 5.74) is 0. The molecular weight excluding hydrogens is 191 g/mol. The molecule has 2 unspecified atom stereocenters. The molecule has 0 amide bonds. The maximum atomic E-state index is 3.30. The van der Waals surface area contributed by atoms with Gasteiger partial charge in [0.2, 0.25) is 0 Å². The summed E-state index contributed by atoms with van der Waals surface area (Å²) in [5.74, 6) is 7.88. The van der Waals surface area contributed by atoms with E-state index in [0.29, 0.717) is 5.92 Å². The van der Waals surface area contributed by atoms with Gasteiger partial charge in [0.1, 0.15) is 7.28 Å². The Hall–Kier alpha value is -0.375. The number of rotatable bonds is 0. The van der Waals surface area contributed by atoms with Crippen molar-refractivity contribution >= 4 is 7.28 Å². The van der Waals surface area contributed by atoms with Crippen LogP contribution < -0.4 is 0 Å². The molecule has 1 radical (unpaired) electrons. The minimum absolute atomic E-state index is 0.587. The zero-order valence-corrected chi connectivity index (χ0v) is 12.3. The van der Waals surface area contributed by atoms with Crippen LogP contribution in [0.25, 0.3) is 0 Å². The van der Waals surface area contributed by atoms with Gasteiger partial charge in [0.15, 0.2) is 0 Å². The van der Waals surface area contributed by atoms with Crippen molar-refractivity contribution in [3.05, 3.63) is 0 Å². The third-order valence-electron chi connectivity index (χ3n) is 2.43. The molecule has 1 rings (SSSR count). The zero-order chi connectivity index (χ0) is 12.8. The molecule has 0 aromatic carbocycles. The number of hydrogen-bond acceptors (Lipinski definition) is 0.